The highest BCUT2D eigenvalue weighted by atomic mass is 79.9. The van der Waals surface area contributed by atoms with Gasteiger partial charge in [-0.1, -0.05) is 15.9 Å². The molecule has 0 unspecified atom stereocenters. The first-order chi connectivity index (χ1) is 9.31. The van der Waals surface area contributed by atoms with Crippen LogP contribution in [0.2, 0.25) is 0 Å². The Morgan fingerprint density at radius 2 is 2.05 bits per heavy atom. The fraction of sp³-hybridized carbons (Fsp3) is 0.0667. The molecule has 3 aromatic rings. The second kappa shape index (κ2) is 4.03. The van der Waals surface area contributed by atoms with Crippen molar-refractivity contribution in [3.8, 4) is 17.0 Å². The summed E-state index contributed by atoms with van der Waals surface area (Å²) < 4.78 is 6.79. The first-order valence-electron chi connectivity index (χ1n) is 5.99. The van der Waals surface area contributed by atoms with Crippen LogP contribution in [0.15, 0.2) is 47.1 Å². The molecular weight excluding hydrogens is 304 g/mol. The Hall–Kier alpha value is -1.94. The molecule has 0 saturated carbocycles. The molecule has 0 fully saturated rings. The number of halogens is 1. The maximum atomic E-state index is 5.77. The summed E-state index contributed by atoms with van der Waals surface area (Å²) in [5, 5.41) is 0. The van der Waals surface area contributed by atoms with Crippen LogP contribution in [0.3, 0.4) is 0 Å². The van der Waals surface area contributed by atoms with Gasteiger partial charge in [0.25, 0.3) is 0 Å². The van der Waals surface area contributed by atoms with Crippen molar-refractivity contribution in [2.45, 2.75) is 6.61 Å². The normalized spacial score (nSPS) is 12.7. The SMILES string of the molecule is Brc1ccc2c(c1)-c1nc3cccnc3cc1CO2. The van der Waals surface area contributed by atoms with E-state index < -0.39 is 0 Å². The zero-order valence-electron chi connectivity index (χ0n) is 9.93. The summed E-state index contributed by atoms with van der Waals surface area (Å²) >= 11 is 3.50. The van der Waals surface area contributed by atoms with E-state index in [0.717, 1.165) is 38.1 Å². The molecule has 0 aliphatic carbocycles. The lowest BCUT2D eigenvalue weighted by molar-refractivity contribution is 0.301. The number of rotatable bonds is 0. The van der Waals surface area contributed by atoms with E-state index in [2.05, 4.69) is 27.0 Å². The van der Waals surface area contributed by atoms with Gasteiger partial charge in [-0.2, -0.15) is 0 Å². The summed E-state index contributed by atoms with van der Waals surface area (Å²) in [5.74, 6) is 0.881. The second-order valence-corrected chi connectivity index (χ2v) is 5.38. The van der Waals surface area contributed by atoms with Crippen LogP contribution < -0.4 is 4.74 Å². The lowest BCUT2D eigenvalue weighted by atomic mass is 10.0. The van der Waals surface area contributed by atoms with E-state index >= 15 is 0 Å². The highest BCUT2D eigenvalue weighted by Crippen LogP contribution is 2.38. The minimum Gasteiger partial charge on any atom is -0.488 e. The standard InChI is InChI=1S/C15H9BrN2O/c16-10-3-4-14-11(7-10)15-9(8-19-14)6-13-12(18-15)2-1-5-17-13/h1-7H,8H2. The van der Waals surface area contributed by atoms with Crippen LogP contribution in [0.4, 0.5) is 0 Å². The highest BCUT2D eigenvalue weighted by Gasteiger charge is 2.19. The molecule has 0 bridgehead atoms. The van der Waals surface area contributed by atoms with Gasteiger partial charge in [-0.05, 0) is 36.4 Å². The summed E-state index contributed by atoms with van der Waals surface area (Å²) in [5.41, 5.74) is 4.92. The minimum absolute atomic E-state index is 0.545. The van der Waals surface area contributed by atoms with Crippen molar-refractivity contribution in [2.24, 2.45) is 0 Å². The number of pyridine rings is 2. The number of aromatic nitrogens is 2. The molecule has 0 spiro atoms. The van der Waals surface area contributed by atoms with Crippen molar-refractivity contribution in [1.29, 1.82) is 0 Å². The highest BCUT2D eigenvalue weighted by molar-refractivity contribution is 9.10. The van der Waals surface area contributed by atoms with Crippen LogP contribution in [0, 0.1) is 0 Å². The first kappa shape index (κ1) is 10.9. The maximum Gasteiger partial charge on any atom is 0.129 e. The Kier molecular flexibility index (Phi) is 2.32. The van der Waals surface area contributed by atoms with Crippen molar-refractivity contribution >= 4 is 27.0 Å². The Bertz CT molecular complexity index is 801. The van der Waals surface area contributed by atoms with E-state index in [0.29, 0.717) is 6.61 Å². The molecule has 92 valence electrons. The number of ether oxygens (including phenoxy) is 1. The molecule has 0 atom stereocenters. The van der Waals surface area contributed by atoms with Crippen molar-refractivity contribution in [1.82, 2.24) is 9.97 Å². The molecule has 1 aliphatic heterocycles. The van der Waals surface area contributed by atoms with Crippen LogP contribution in [-0.2, 0) is 6.61 Å². The average molecular weight is 313 g/mol. The molecule has 2 aromatic heterocycles. The molecule has 1 aromatic carbocycles. The van der Waals surface area contributed by atoms with Crippen LogP contribution in [0.1, 0.15) is 5.56 Å². The van der Waals surface area contributed by atoms with E-state index in [1.54, 1.807) is 6.20 Å². The van der Waals surface area contributed by atoms with Gasteiger partial charge >= 0.3 is 0 Å². The molecule has 0 saturated heterocycles. The molecule has 3 nitrogen and oxygen atoms in total. The van der Waals surface area contributed by atoms with Gasteiger partial charge in [0.05, 0.1) is 16.7 Å². The Labute approximate surface area is 118 Å². The van der Waals surface area contributed by atoms with Crippen LogP contribution in [0.25, 0.3) is 22.3 Å². The number of benzene rings is 1. The molecule has 1 aliphatic rings. The zero-order chi connectivity index (χ0) is 12.8. The van der Waals surface area contributed by atoms with Gasteiger partial charge in [0.2, 0.25) is 0 Å². The number of hydrogen-bond acceptors (Lipinski definition) is 3. The third-order valence-corrected chi connectivity index (χ3v) is 3.74. The molecule has 0 amide bonds. The lowest BCUT2D eigenvalue weighted by Crippen LogP contribution is -2.07. The van der Waals surface area contributed by atoms with Crippen molar-refractivity contribution in [2.75, 3.05) is 0 Å². The summed E-state index contributed by atoms with van der Waals surface area (Å²) in [6, 6.07) is 11.9. The van der Waals surface area contributed by atoms with Crippen molar-refractivity contribution in [3.05, 3.63) is 52.6 Å². The van der Waals surface area contributed by atoms with Gasteiger partial charge < -0.3 is 4.74 Å². The van der Waals surface area contributed by atoms with Crippen molar-refractivity contribution < 1.29 is 4.74 Å². The van der Waals surface area contributed by atoms with Gasteiger partial charge in [0, 0.05) is 21.8 Å². The van der Waals surface area contributed by atoms with E-state index in [-0.39, 0.29) is 0 Å². The zero-order valence-corrected chi connectivity index (χ0v) is 11.5. The molecule has 4 rings (SSSR count). The quantitative estimate of drug-likeness (QED) is 0.630. The monoisotopic (exact) mass is 312 g/mol. The maximum absolute atomic E-state index is 5.77. The summed E-state index contributed by atoms with van der Waals surface area (Å²) in [6.07, 6.45) is 1.78. The van der Waals surface area contributed by atoms with Gasteiger partial charge in [0.1, 0.15) is 12.4 Å². The molecule has 4 heteroatoms. The third-order valence-electron chi connectivity index (χ3n) is 3.24. The van der Waals surface area contributed by atoms with Crippen LogP contribution in [0.5, 0.6) is 5.75 Å². The van der Waals surface area contributed by atoms with Crippen LogP contribution >= 0.6 is 15.9 Å². The lowest BCUT2D eigenvalue weighted by Gasteiger charge is -2.20. The molecular formula is C15H9BrN2O. The van der Waals surface area contributed by atoms with Gasteiger partial charge in [-0.25, -0.2) is 4.98 Å². The van der Waals surface area contributed by atoms with Crippen molar-refractivity contribution in [3.63, 3.8) is 0 Å². The fourth-order valence-electron chi connectivity index (χ4n) is 2.35. The van der Waals surface area contributed by atoms with Gasteiger partial charge in [-0.3, -0.25) is 4.98 Å². The number of fused-ring (bicyclic) bond motifs is 4. The van der Waals surface area contributed by atoms with Gasteiger partial charge in [-0.15, -0.1) is 0 Å². The summed E-state index contributed by atoms with van der Waals surface area (Å²) in [7, 11) is 0. The van der Waals surface area contributed by atoms with E-state index in [1.165, 1.54) is 0 Å². The first-order valence-corrected chi connectivity index (χ1v) is 6.78. The molecule has 3 heterocycles. The number of nitrogens with zero attached hydrogens (tertiary/aromatic N) is 2. The van der Waals surface area contributed by atoms with Crippen LogP contribution in [-0.4, -0.2) is 9.97 Å². The predicted molar refractivity (Wildman–Crippen MR) is 77.0 cm³/mol. The number of hydrogen-bond donors (Lipinski definition) is 0. The smallest absolute Gasteiger partial charge is 0.129 e. The Morgan fingerprint density at radius 1 is 1.11 bits per heavy atom. The van der Waals surface area contributed by atoms with E-state index in [9.17, 15) is 0 Å². The summed E-state index contributed by atoms with van der Waals surface area (Å²) in [6.45, 7) is 0.545. The van der Waals surface area contributed by atoms with E-state index in [1.807, 2.05) is 30.3 Å². The minimum atomic E-state index is 0.545. The Morgan fingerprint density at radius 3 is 3.00 bits per heavy atom. The topological polar surface area (TPSA) is 35.0 Å². The largest absolute Gasteiger partial charge is 0.488 e. The second-order valence-electron chi connectivity index (χ2n) is 4.47. The van der Waals surface area contributed by atoms with E-state index in [4.69, 9.17) is 9.72 Å². The average Bonchev–Trinajstić information content (AvgIpc) is 2.45. The molecule has 0 N–H and O–H groups in total. The van der Waals surface area contributed by atoms with Gasteiger partial charge in [0.15, 0.2) is 0 Å². The molecule has 19 heavy (non-hydrogen) atoms. The fourth-order valence-corrected chi connectivity index (χ4v) is 2.71. The summed E-state index contributed by atoms with van der Waals surface area (Å²) in [4.78, 5) is 9.07. The molecule has 0 radical (unpaired) electrons. The Balaban J connectivity index is 2.05. The third kappa shape index (κ3) is 1.71. The predicted octanol–water partition coefficient (Wildman–Crippen LogP) is 3.95.